The van der Waals surface area contributed by atoms with Crippen molar-refractivity contribution < 1.29 is 0 Å². The fourth-order valence-electron chi connectivity index (χ4n) is 2.74. The first-order valence-corrected chi connectivity index (χ1v) is 7.63. The van der Waals surface area contributed by atoms with Gasteiger partial charge in [0.2, 0.25) is 0 Å². The molecule has 3 nitrogen and oxygen atoms in total. The largest absolute Gasteiger partial charge is 0.398 e. The first kappa shape index (κ1) is 14.1. The van der Waals surface area contributed by atoms with Gasteiger partial charge in [0.15, 0.2) is 0 Å². The molecule has 1 aliphatic heterocycles. The average Bonchev–Trinajstić information content (AvgIpc) is 2.51. The van der Waals surface area contributed by atoms with Crippen LogP contribution in [-0.4, -0.2) is 26.2 Å². The van der Waals surface area contributed by atoms with Crippen molar-refractivity contribution in [3.8, 4) is 0 Å². The van der Waals surface area contributed by atoms with Crippen LogP contribution in [0.4, 0.5) is 17.1 Å². The van der Waals surface area contributed by atoms with E-state index in [4.69, 9.17) is 17.3 Å². The number of halogens is 1. The molecule has 1 heterocycles. The highest BCUT2D eigenvalue weighted by Gasteiger charge is 2.19. The van der Waals surface area contributed by atoms with E-state index in [2.05, 4.69) is 34.1 Å². The van der Waals surface area contributed by atoms with Crippen LogP contribution in [0.15, 0.2) is 42.5 Å². The normalized spacial score (nSPS) is 15.3. The Morgan fingerprint density at radius 2 is 1.62 bits per heavy atom. The molecule has 0 bridgehead atoms. The van der Waals surface area contributed by atoms with Crippen LogP contribution in [0.3, 0.4) is 0 Å². The Morgan fingerprint density at radius 3 is 2.29 bits per heavy atom. The third-order valence-corrected chi connectivity index (χ3v) is 4.42. The number of nitrogens with two attached hydrogens (primary N) is 1. The van der Waals surface area contributed by atoms with E-state index in [9.17, 15) is 0 Å². The lowest BCUT2D eigenvalue weighted by Crippen LogP contribution is -2.46. The monoisotopic (exact) mass is 301 g/mol. The summed E-state index contributed by atoms with van der Waals surface area (Å²) in [5.41, 5.74) is 10.3. The predicted molar refractivity (Wildman–Crippen MR) is 91.5 cm³/mol. The number of nitrogens with zero attached hydrogens (tertiary/aromatic N) is 2. The number of aryl methyl sites for hydroxylation is 1. The quantitative estimate of drug-likeness (QED) is 0.861. The summed E-state index contributed by atoms with van der Waals surface area (Å²) >= 11 is 6.28. The summed E-state index contributed by atoms with van der Waals surface area (Å²) in [4.78, 5) is 4.72. The number of nitrogen functional groups attached to an aromatic ring is 1. The Kier molecular flexibility index (Phi) is 3.93. The first-order valence-electron chi connectivity index (χ1n) is 7.26. The van der Waals surface area contributed by atoms with Crippen molar-refractivity contribution in [3.05, 3.63) is 53.1 Å². The molecule has 2 N–H and O–H groups in total. The molecule has 1 fully saturated rings. The lowest BCUT2D eigenvalue weighted by molar-refractivity contribution is 0.654. The molecule has 0 aromatic heterocycles. The van der Waals surface area contributed by atoms with Crippen LogP contribution in [0.1, 0.15) is 5.56 Å². The molecular formula is C17H20ClN3. The fraction of sp³-hybridized carbons (Fsp3) is 0.294. The predicted octanol–water partition coefficient (Wildman–Crippen LogP) is 3.56. The molecule has 21 heavy (non-hydrogen) atoms. The van der Waals surface area contributed by atoms with Crippen molar-refractivity contribution in [2.75, 3.05) is 41.7 Å². The van der Waals surface area contributed by atoms with E-state index in [0.29, 0.717) is 0 Å². The lowest BCUT2D eigenvalue weighted by Gasteiger charge is -2.37. The molecule has 0 amide bonds. The maximum atomic E-state index is 6.28. The SMILES string of the molecule is Cc1ccc(N2CCN(c3ccccc3Cl)CC2)cc1N. The van der Waals surface area contributed by atoms with E-state index in [1.54, 1.807) is 0 Å². The molecular weight excluding hydrogens is 282 g/mol. The number of para-hydroxylation sites is 1. The molecule has 0 atom stereocenters. The van der Waals surface area contributed by atoms with Gasteiger partial charge in [0, 0.05) is 37.6 Å². The second-order valence-corrected chi connectivity index (χ2v) is 5.87. The Bertz CT molecular complexity index is 634. The van der Waals surface area contributed by atoms with Crippen LogP contribution in [0.25, 0.3) is 0 Å². The molecule has 2 aromatic rings. The van der Waals surface area contributed by atoms with E-state index in [1.807, 2.05) is 25.1 Å². The average molecular weight is 302 g/mol. The van der Waals surface area contributed by atoms with Gasteiger partial charge in [0.1, 0.15) is 0 Å². The van der Waals surface area contributed by atoms with E-state index >= 15 is 0 Å². The maximum Gasteiger partial charge on any atom is 0.0639 e. The van der Waals surface area contributed by atoms with Crippen LogP contribution < -0.4 is 15.5 Å². The van der Waals surface area contributed by atoms with E-state index < -0.39 is 0 Å². The molecule has 1 saturated heterocycles. The second kappa shape index (κ2) is 5.86. The number of hydrogen-bond donors (Lipinski definition) is 1. The summed E-state index contributed by atoms with van der Waals surface area (Å²) in [6.45, 7) is 5.94. The van der Waals surface area contributed by atoms with Crippen LogP contribution in [0, 0.1) is 6.92 Å². The van der Waals surface area contributed by atoms with Gasteiger partial charge in [-0.25, -0.2) is 0 Å². The summed E-state index contributed by atoms with van der Waals surface area (Å²) in [7, 11) is 0. The topological polar surface area (TPSA) is 32.5 Å². The minimum atomic E-state index is 0.825. The standard InChI is InChI=1S/C17H20ClN3/c1-13-6-7-14(12-16(13)19)20-8-10-21(11-9-20)17-5-3-2-4-15(17)18/h2-7,12H,8-11,19H2,1H3. The molecule has 1 aliphatic rings. The Hall–Kier alpha value is -1.87. The number of piperazine rings is 1. The zero-order chi connectivity index (χ0) is 14.8. The highest BCUT2D eigenvalue weighted by Crippen LogP contribution is 2.28. The lowest BCUT2D eigenvalue weighted by atomic mass is 10.1. The third kappa shape index (κ3) is 2.93. The molecule has 110 valence electrons. The van der Waals surface area contributed by atoms with Gasteiger partial charge in [-0.1, -0.05) is 29.8 Å². The van der Waals surface area contributed by atoms with Crippen LogP contribution in [0.2, 0.25) is 5.02 Å². The number of anilines is 3. The summed E-state index contributed by atoms with van der Waals surface area (Å²) in [5.74, 6) is 0. The number of rotatable bonds is 2. The minimum Gasteiger partial charge on any atom is -0.398 e. The van der Waals surface area contributed by atoms with Crippen molar-refractivity contribution in [3.63, 3.8) is 0 Å². The Morgan fingerprint density at radius 1 is 0.952 bits per heavy atom. The summed E-state index contributed by atoms with van der Waals surface area (Å²) in [5, 5.41) is 0.825. The van der Waals surface area contributed by atoms with Crippen molar-refractivity contribution in [2.24, 2.45) is 0 Å². The zero-order valence-electron chi connectivity index (χ0n) is 12.2. The van der Waals surface area contributed by atoms with Crippen LogP contribution in [0.5, 0.6) is 0 Å². The van der Waals surface area contributed by atoms with Crippen LogP contribution in [-0.2, 0) is 0 Å². The van der Waals surface area contributed by atoms with Gasteiger partial charge in [0.25, 0.3) is 0 Å². The Labute approximate surface area is 130 Å². The molecule has 4 heteroatoms. The molecule has 0 radical (unpaired) electrons. The number of hydrogen-bond acceptors (Lipinski definition) is 3. The first-order chi connectivity index (χ1) is 10.1. The fourth-order valence-corrected chi connectivity index (χ4v) is 2.99. The minimum absolute atomic E-state index is 0.825. The third-order valence-electron chi connectivity index (χ3n) is 4.10. The van der Waals surface area contributed by atoms with Crippen molar-refractivity contribution in [1.29, 1.82) is 0 Å². The van der Waals surface area contributed by atoms with Crippen molar-refractivity contribution in [2.45, 2.75) is 6.92 Å². The van der Waals surface area contributed by atoms with Gasteiger partial charge >= 0.3 is 0 Å². The zero-order valence-corrected chi connectivity index (χ0v) is 13.0. The van der Waals surface area contributed by atoms with Gasteiger partial charge in [-0.15, -0.1) is 0 Å². The van der Waals surface area contributed by atoms with E-state index in [-0.39, 0.29) is 0 Å². The summed E-state index contributed by atoms with van der Waals surface area (Å²) in [6.07, 6.45) is 0. The smallest absolute Gasteiger partial charge is 0.0639 e. The van der Waals surface area contributed by atoms with Crippen molar-refractivity contribution in [1.82, 2.24) is 0 Å². The van der Waals surface area contributed by atoms with Gasteiger partial charge in [-0.2, -0.15) is 0 Å². The van der Waals surface area contributed by atoms with Crippen molar-refractivity contribution >= 4 is 28.7 Å². The number of benzene rings is 2. The summed E-state index contributed by atoms with van der Waals surface area (Å²) < 4.78 is 0. The molecule has 3 rings (SSSR count). The molecule has 0 aliphatic carbocycles. The van der Waals surface area contributed by atoms with E-state index in [0.717, 1.165) is 48.1 Å². The van der Waals surface area contributed by atoms with Gasteiger partial charge in [-0.3, -0.25) is 0 Å². The second-order valence-electron chi connectivity index (χ2n) is 5.47. The molecule has 0 unspecified atom stereocenters. The van der Waals surface area contributed by atoms with E-state index in [1.165, 1.54) is 5.69 Å². The summed E-state index contributed by atoms with van der Waals surface area (Å²) in [6, 6.07) is 14.3. The van der Waals surface area contributed by atoms with Gasteiger partial charge < -0.3 is 15.5 Å². The highest BCUT2D eigenvalue weighted by molar-refractivity contribution is 6.33. The Balaban J connectivity index is 1.70. The molecule has 2 aromatic carbocycles. The van der Waals surface area contributed by atoms with Gasteiger partial charge in [0.05, 0.1) is 10.7 Å². The highest BCUT2D eigenvalue weighted by atomic mass is 35.5. The maximum absolute atomic E-state index is 6.28. The van der Waals surface area contributed by atoms with Crippen LogP contribution >= 0.6 is 11.6 Å². The van der Waals surface area contributed by atoms with Gasteiger partial charge in [-0.05, 0) is 36.8 Å². The molecule has 0 saturated carbocycles. The molecule has 0 spiro atoms.